The molecule has 0 radical (unpaired) electrons. The summed E-state index contributed by atoms with van der Waals surface area (Å²) in [5, 5.41) is 0. The topological polar surface area (TPSA) is 0 Å². The summed E-state index contributed by atoms with van der Waals surface area (Å²) in [7, 11) is 0. The maximum Gasteiger partial charge on any atom is 0.192 e. The molecule has 8 heteroatoms. The van der Waals surface area contributed by atoms with E-state index in [-0.39, 0.29) is 0 Å². The fourth-order valence-corrected chi connectivity index (χ4v) is 1.88. The molecule has 0 N–H and O–H groups in total. The van der Waals surface area contributed by atoms with Gasteiger partial charge >= 0.3 is 0 Å². The Morgan fingerprint density at radius 3 is 1.90 bits per heavy atom. The lowest BCUT2D eigenvalue weighted by molar-refractivity contribution is 0.165. The first-order chi connectivity index (χ1) is 9.27. The van der Waals surface area contributed by atoms with Crippen molar-refractivity contribution in [1.29, 1.82) is 0 Å². The SMILES string of the molecule is FC1=C(F)C(F)CC=C1C1=C(F)C(F)C(F)C(F)=C1F. The van der Waals surface area contributed by atoms with Crippen molar-refractivity contribution >= 4 is 0 Å². The van der Waals surface area contributed by atoms with Crippen LogP contribution in [0.25, 0.3) is 0 Å². The molecule has 0 spiro atoms. The summed E-state index contributed by atoms with van der Waals surface area (Å²) in [4.78, 5) is 0. The molecule has 2 aliphatic carbocycles. The average molecular weight is 302 g/mol. The molecule has 0 bridgehead atoms. The molecular weight excluding hydrogens is 296 g/mol. The van der Waals surface area contributed by atoms with Crippen molar-refractivity contribution < 1.29 is 35.1 Å². The molecule has 3 atom stereocenters. The second-order valence-corrected chi connectivity index (χ2v) is 4.17. The van der Waals surface area contributed by atoms with Crippen LogP contribution in [0.4, 0.5) is 35.1 Å². The summed E-state index contributed by atoms with van der Waals surface area (Å²) in [5.74, 6) is -10.4. The first kappa shape index (κ1) is 14.8. The third kappa shape index (κ3) is 2.06. The van der Waals surface area contributed by atoms with E-state index in [1.54, 1.807) is 0 Å². The Balaban J connectivity index is 2.58. The molecule has 0 nitrogen and oxygen atoms in total. The molecular formula is C12H6F8. The Morgan fingerprint density at radius 2 is 1.30 bits per heavy atom. The van der Waals surface area contributed by atoms with Crippen molar-refractivity contribution in [3.63, 3.8) is 0 Å². The Labute approximate surface area is 107 Å². The standard InChI is InChI=1S/C12H6F8/c13-4-2-1-3(6(14)7(4)15)5-8(16)10(18)12(20)11(19)9(5)17/h1,4,10,12H,2H2. The van der Waals surface area contributed by atoms with E-state index in [2.05, 4.69) is 0 Å². The zero-order valence-electron chi connectivity index (χ0n) is 9.54. The van der Waals surface area contributed by atoms with Crippen molar-refractivity contribution in [3.05, 3.63) is 46.4 Å². The molecule has 0 saturated carbocycles. The van der Waals surface area contributed by atoms with E-state index in [9.17, 15) is 35.1 Å². The fraction of sp³-hybridized carbons (Fsp3) is 0.333. The van der Waals surface area contributed by atoms with Crippen LogP contribution in [0.5, 0.6) is 0 Å². The van der Waals surface area contributed by atoms with Gasteiger partial charge in [0.05, 0.1) is 5.57 Å². The van der Waals surface area contributed by atoms with Crippen LogP contribution in [0.1, 0.15) is 6.42 Å². The van der Waals surface area contributed by atoms with E-state index in [4.69, 9.17) is 0 Å². The quantitative estimate of drug-likeness (QED) is 0.606. The summed E-state index contributed by atoms with van der Waals surface area (Å²) in [6, 6.07) is 0. The number of halogens is 8. The van der Waals surface area contributed by atoms with Gasteiger partial charge in [0.25, 0.3) is 0 Å². The maximum absolute atomic E-state index is 13.5. The van der Waals surface area contributed by atoms with Gasteiger partial charge in [-0.05, 0) is 0 Å². The molecule has 0 saturated heterocycles. The highest BCUT2D eigenvalue weighted by Gasteiger charge is 2.42. The highest BCUT2D eigenvalue weighted by Crippen LogP contribution is 2.44. The predicted molar refractivity (Wildman–Crippen MR) is 54.0 cm³/mol. The second kappa shape index (κ2) is 5.06. The summed E-state index contributed by atoms with van der Waals surface area (Å²) in [5.41, 5.74) is -2.74. The molecule has 0 aromatic rings. The van der Waals surface area contributed by atoms with E-state index in [1.165, 1.54) is 0 Å². The Bertz CT molecular complexity index is 568. The lowest BCUT2D eigenvalue weighted by Gasteiger charge is -2.23. The maximum atomic E-state index is 13.5. The van der Waals surface area contributed by atoms with Gasteiger partial charge in [0.1, 0.15) is 5.83 Å². The summed E-state index contributed by atoms with van der Waals surface area (Å²) in [6.45, 7) is 0. The Kier molecular flexibility index (Phi) is 3.75. The highest BCUT2D eigenvalue weighted by atomic mass is 19.2. The van der Waals surface area contributed by atoms with Crippen molar-refractivity contribution in [1.82, 2.24) is 0 Å². The lowest BCUT2D eigenvalue weighted by Crippen LogP contribution is -2.26. The number of alkyl halides is 3. The van der Waals surface area contributed by atoms with E-state index in [0.717, 1.165) is 0 Å². The van der Waals surface area contributed by atoms with Crippen molar-refractivity contribution in [2.75, 3.05) is 0 Å². The zero-order valence-corrected chi connectivity index (χ0v) is 9.54. The fourth-order valence-electron chi connectivity index (χ4n) is 1.88. The number of rotatable bonds is 1. The van der Waals surface area contributed by atoms with Crippen LogP contribution in [-0.2, 0) is 0 Å². The third-order valence-electron chi connectivity index (χ3n) is 2.93. The van der Waals surface area contributed by atoms with Gasteiger partial charge in [-0.2, -0.15) is 0 Å². The number of hydrogen-bond donors (Lipinski definition) is 0. The summed E-state index contributed by atoms with van der Waals surface area (Å²) in [6.07, 6.45) is -8.94. The summed E-state index contributed by atoms with van der Waals surface area (Å²) < 4.78 is 105. The van der Waals surface area contributed by atoms with Crippen LogP contribution in [0.2, 0.25) is 0 Å². The largest absolute Gasteiger partial charge is 0.239 e. The molecule has 20 heavy (non-hydrogen) atoms. The predicted octanol–water partition coefficient (Wildman–Crippen LogP) is 4.87. The Morgan fingerprint density at radius 1 is 0.750 bits per heavy atom. The van der Waals surface area contributed by atoms with Crippen molar-refractivity contribution in [3.8, 4) is 0 Å². The third-order valence-corrected chi connectivity index (χ3v) is 2.93. The van der Waals surface area contributed by atoms with Gasteiger partial charge in [0.2, 0.25) is 0 Å². The minimum atomic E-state index is -3.20. The minimum Gasteiger partial charge on any atom is -0.239 e. The Hall–Kier alpha value is -1.60. The van der Waals surface area contributed by atoms with Crippen molar-refractivity contribution in [2.45, 2.75) is 24.9 Å². The van der Waals surface area contributed by atoms with Crippen LogP contribution in [-0.4, -0.2) is 18.5 Å². The first-order valence-electron chi connectivity index (χ1n) is 5.40. The molecule has 0 aromatic carbocycles. The van der Waals surface area contributed by atoms with Crippen LogP contribution in [0.3, 0.4) is 0 Å². The van der Waals surface area contributed by atoms with Gasteiger partial charge < -0.3 is 0 Å². The van der Waals surface area contributed by atoms with E-state index < -0.39 is 65.2 Å². The van der Waals surface area contributed by atoms with E-state index in [0.29, 0.717) is 6.08 Å². The van der Waals surface area contributed by atoms with Crippen molar-refractivity contribution in [2.24, 2.45) is 0 Å². The smallest absolute Gasteiger partial charge is 0.192 e. The molecule has 0 heterocycles. The second-order valence-electron chi connectivity index (χ2n) is 4.17. The molecule has 110 valence electrons. The van der Waals surface area contributed by atoms with Gasteiger partial charge in [-0.25, -0.2) is 35.1 Å². The highest BCUT2D eigenvalue weighted by molar-refractivity contribution is 5.58. The number of hydrogen-bond acceptors (Lipinski definition) is 0. The van der Waals surface area contributed by atoms with Crippen LogP contribution < -0.4 is 0 Å². The summed E-state index contributed by atoms with van der Waals surface area (Å²) >= 11 is 0. The van der Waals surface area contributed by atoms with Gasteiger partial charge in [-0.15, -0.1) is 0 Å². The normalized spacial score (nSPS) is 32.0. The average Bonchev–Trinajstić information content (AvgIpc) is 2.43. The molecule has 0 aliphatic heterocycles. The molecule has 0 aromatic heterocycles. The van der Waals surface area contributed by atoms with E-state index in [1.807, 2.05) is 0 Å². The molecule has 0 fully saturated rings. The van der Waals surface area contributed by atoms with Gasteiger partial charge in [0.15, 0.2) is 41.8 Å². The first-order valence-corrected chi connectivity index (χ1v) is 5.40. The molecule has 2 rings (SSSR count). The molecule has 3 unspecified atom stereocenters. The number of allylic oxidation sites excluding steroid dienone is 8. The van der Waals surface area contributed by atoms with Gasteiger partial charge in [-0.3, -0.25) is 0 Å². The van der Waals surface area contributed by atoms with Crippen LogP contribution in [0.15, 0.2) is 46.4 Å². The molecule has 0 amide bonds. The van der Waals surface area contributed by atoms with Gasteiger partial charge in [-0.1, -0.05) is 6.08 Å². The molecule has 2 aliphatic rings. The lowest BCUT2D eigenvalue weighted by atomic mass is 9.90. The van der Waals surface area contributed by atoms with Crippen LogP contribution >= 0.6 is 0 Å². The zero-order chi connectivity index (χ0) is 15.2. The minimum absolute atomic E-state index is 0.552. The monoisotopic (exact) mass is 302 g/mol. The van der Waals surface area contributed by atoms with Gasteiger partial charge in [0, 0.05) is 12.0 Å². The van der Waals surface area contributed by atoms with Crippen LogP contribution in [0, 0.1) is 0 Å². The van der Waals surface area contributed by atoms with E-state index >= 15 is 0 Å².